The number of para-hydroxylation sites is 1. The maximum absolute atomic E-state index is 12.4. The lowest BCUT2D eigenvalue weighted by Crippen LogP contribution is -2.52. The lowest BCUT2D eigenvalue weighted by atomic mass is 10.1. The minimum Gasteiger partial charge on any atom is -0.493 e. The van der Waals surface area contributed by atoms with Gasteiger partial charge in [0.15, 0.2) is 5.58 Å². The molecule has 7 heteroatoms. The van der Waals surface area contributed by atoms with Crippen LogP contribution in [0.3, 0.4) is 0 Å². The van der Waals surface area contributed by atoms with E-state index in [2.05, 4.69) is 34.9 Å². The largest absolute Gasteiger partial charge is 0.493 e. The monoisotopic (exact) mass is 410 g/mol. The van der Waals surface area contributed by atoms with Crippen molar-refractivity contribution in [2.75, 3.05) is 31.1 Å². The number of aromatic hydroxyl groups is 1. The molecule has 3 aromatic rings. The molecule has 2 aliphatic rings. The Morgan fingerprint density at radius 3 is 2.83 bits per heavy atom. The number of unbranched alkanes of at least 4 members (excludes halogenated alkanes) is 1. The van der Waals surface area contributed by atoms with Crippen molar-refractivity contribution >= 4 is 16.7 Å². The summed E-state index contributed by atoms with van der Waals surface area (Å²) in [6.45, 7) is 7.61. The number of piperazine rings is 1. The van der Waals surface area contributed by atoms with Gasteiger partial charge in [-0.15, -0.1) is 0 Å². The Labute approximate surface area is 176 Å². The molecule has 0 amide bonds. The fourth-order valence-corrected chi connectivity index (χ4v) is 5.07. The molecule has 160 valence electrons. The number of benzene rings is 1. The molecule has 0 aliphatic carbocycles. The van der Waals surface area contributed by atoms with E-state index in [1.807, 2.05) is 6.07 Å². The predicted octanol–water partition coefficient (Wildman–Crippen LogP) is 3.04. The molecule has 1 fully saturated rings. The number of fused-ring (bicyclic) bond motifs is 2. The number of hydrogen-bond donors (Lipinski definition) is 1. The van der Waals surface area contributed by atoms with Crippen LogP contribution in [0.1, 0.15) is 31.9 Å². The highest BCUT2D eigenvalue weighted by Gasteiger charge is 2.26. The zero-order chi connectivity index (χ0) is 20.7. The average Bonchev–Trinajstić information content (AvgIpc) is 3.46. The van der Waals surface area contributed by atoms with Crippen molar-refractivity contribution in [2.24, 2.45) is 0 Å². The Bertz CT molecular complexity index is 1100. The van der Waals surface area contributed by atoms with E-state index in [0.717, 1.165) is 75.1 Å². The van der Waals surface area contributed by atoms with Gasteiger partial charge in [-0.3, -0.25) is 14.0 Å². The second-order valence-electron chi connectivity index (χ2n) is 8.61. The van der Waals surface area contributed by atoms with Gasteiger partial charge in [0.05, 0.1) is 17.6 Å². The summed E-state index contributed by atoms with van der Waals surface area (Å²) in [5, 5.41) is 11.5. The molecule has 0 radical (unpaired) electrons. The van der Waals surface area contributed by atoms with Crippen LogP contribution in [0.2, 0.25) is 0 Å². The van der Waals surface area contributed by atoms with Crippen molar-refractivity contribution < 1.29 is 9.52 Å². The first-order valence-corrected chi connectivity index (χ1v) is 11.1. The number of hydrogen-bond acceptors (Lipinski definition) is 5. The Balaban J connectivity index is 1.15. The van der Waals surface area contributed by atoms with Gasteiger partial charge in [0, 0.05) is 44.2 Å². The van der Waals surface area contributed by atoms with Gasteiger partial charge in [-0.25, -0.2) is 4.79 Å². The van der Waals surface area contributed by atoms with Crippen LogP contribution in [-0.2, 0) is 19.5 Å². The van der Waals surface area contributed by atoms with E-state index in [0.29, 0.717) is 12.6 Å². The van der Waals surface area contributed by atoms with Crippen LogP contribution < -0.4 is 10.6 Å². The molecular formula is C23H30N4O3. The van der Waals surface area contributed by atoms with Gasteiger partial charge >= 0.3 is 5.69 Å². The van der Waals surface area contributed by atoms with Gasteiger partial charge in [-0.1, -0.05) is 12.1 Å². The molecule has 4 heterocycles. The van der Waals surface area contributed by atoms with Gasteiger partial charge in [0.1, 0.15) is 0 Å². The zero-order valence-electron chi connectivity index (χ0n) is 17.6. The van der Waals surface area contributed by atoms with Crippen molar-refractivity contribution in [2.45, 2.75) is 51.7 Å². The summed E-state index contributed by atoms with van der Waals surface area (Å²) in [5.41, 5.74) is 2.92. The van der Waals surface area contributed by atoms with Gasteiger partial charge in [-0.2, -0.15) is 0 Å². The van der Waals surface area contributed by atoms with E-state index >= 15 is 0 Å². The van der Waals surface area contributed by atoms with Gasteiger partial charge in [-0.05, 0) is 51.3 Å². The standard InChI is InChI=1S/C23H30N4O3/c1-17-16-25(19-7-4-6-18-9-15-30-21(18)19)14-13-24(17)10-2-3-11-27-22(28)20-8-5-12-26(20)23(27)29/h4,6-7,9,15,17,28H,2-3,5,8,10-14,16H2,1H3/t17-/m0/s1. The third kappa shape index (κ3) is 3.31. The predicted molar refractivity (Wildman–Crippen MR) is 117 cm³/mol. The van der Waals surface area contributed by atoms with E-state index in [1.54, 1.807) is 15.4 Å². The van der Waals surface area contributed by atoms with Crippen molar-refractivity contribution in [1.82, 2.24) is 14.0 Å². The molecule has 0 saturated carbocycles. The second kappa shape index (κ2) is 7.87. The molecule has 5 rings (SSSR count). The molecule has 2 aliphatic heterocycles. The van der Waals surface area contributed by atoms with E-state index in [9.17, 15) is 9.90 Å². The minimum atomic E-state index is -0.0471. The Morgan fingerprint density at radius 1 is 1.13 bits per heavy atom. The van der Waals surface area contributed by atoms with Gasteiger partial charge in [0.2, 0.25) is 5.88 Å². The van der Waals surface area contributed by atoms with E-state index in [4.69, 9.17) is 4.42 Å². The van der Waals surface area contributed by atoms with Crippen LogP contribution in [0.5, 0.6) is 5.88 Å². The Morgan fingerprint density at radius 2 is 2.00 bits per heavy atom. The normalized spacial score (nSPS) is 19.6. The highest BCUT2D eigenvalue weighted by molar-refractivity contribution is 5.89. The highest BCUT2D eigenvalue weighted by atomic mass is 16.3. The lowest BCUT2D eigenvalue weighted by molar-refractivity contribution is 0.185. The van der Waals surface area contributed by atoms with Crippen LogP contribution in [0.25, 0.3) is 11.0 Å². The SMILES string of the molecule is C[C@H]1CN(c2cccc3ccoc23)CCN1CCCCn1c(O)c2n(c1=O)CCC2. The smallest absolute Gasteiger partial charge is 0.331 e. The fourth-order valence-electron chi connectivity index (χ4n) is 5.07. The number of anilines is 1. The quantitative estimate of drug-likeness (QED) is 0.633. The highest BCUT2D eigenvalue weighted by Crippen LogP contribution is 2.29. The molecule has 30 heavy (non-hydrogen) atoms. The van der Waals surface area contributed by atoms with E-state index < -0.39 is 0 Å². The fraction of sp³-hybridized carbons (Fsp3) is 0.522. The first-order chi connectivity index (χ1) is 14.6. The lowest BCUT2D eigenvalue weighted by Gasteiger charge is -2.41. The number of furan rings is 1. The number of imidazole rings is 1. The molecule has 7 nitrogen and oxygen atoms in total. The van der Waals surface area contributed by atoms with Crippen molar-refractivity contribution in [1.29, 1.82) is 0 Å². The van der Waals surface area contributed by atoms with Crippen LogP contribution >= 0.6 is 0 Å². The summed E-state index contributed by atoms with van der Waals surface area (Å²) >= 11 is 0. The summed E-state index contributed by atoms with van der Waals surface area (Å²) in [4.78, 5) is 17.4. The van der Waals surface area contributed by atoms with Crippen LogP contribution in [0, 0.1) is 0 Å². The second-order valence-corrected chi connectivity index (χ2v) is 8.61. The maximum atomic E-state index is 12.4. The third-order valence-corrected chi connectivity index (χ3v) is 6.74. The third-order valence-electron chi connectivity index (χ3n) is 6.74. The van der Waals surface area contributed by atoms with Crippen molar-refractivity contribution in [3.8, 4) is 5.88 Å². The Kier molecular flexibility index (Phi) is 5.06. The van der Waals surface area contributed by atoms with E-state index in [1.165, 1.54) is 5.69 Å². The number of nitrogens with zero attached hydrogens (tertiary/aromatic N) is 4. The maximum Gasteiger partial charge on any atom is 0.331 e. The average molecular weight is 411 g/mol. The number of rotatable bonds is 6. The van der Waals surface area contributed by atoms with Gasteiger partial charge in [0.25, 0.3) is 0 Å². The summed E-state index contributed by atoms with van der Waals surface area (Å²) < 4.78 is 9.01. The van der Waals surface area contributed by atoms with Crippen LogP contribution in [-0.4, -0.2) is 51.4 Å². The summed E-state index contributed by atoms with van der Waals surface area (Å²) in [6.07, 6.45) is 5.44. The van der Waals surface area contributed by atoms with Crippen LogP contribution in [0.4, 0.5) is 5.69 Å². The summed E-state index contributed by atoms with van der Waals surface area (Å²) in [5.74, 6) is 0.187. The first-order valence-electron chi connectivity index (χ1n) is 11.1. The van der Waals surface area contributed by atoms with Gasteiger partial charge < -0.3 is 14.4 Å². The van der Waals surface area contributed by atoms with Crippen LogP contribution in [0.15, 0.2) is 39.7 Å². The zero-order valence-corrected chi connectivity index (χ0v) is 17.6. The summed E-state index contributed by atoms with van der Waals surface area (Å²) in [7, 11) is 0. The van der Waals surface area contributed by atoms with Crippen molar-refractivity contribution in [3.05, 3.63) is 46.7 Å². The Hall–Kier alpha value is -2.67. The molecule has 1 saturated heterocycles. The minimum absolute atomic E-state index is 0.0471. The number of aromatic nitrogens is 2. The topological polar surface area (TPSA) is 66.8 Å². The summed E-state index contributed by atoms with van der Waals surface area (Å²) in [6, 6.07) is 8.80. The first kappa shape index (κ1) is 19.3. The molecule has 2 aromatic heterocycles. The molecule has 1 aromatic carbocycles. The molecule has 0 spiro atoms. The van der Waals surface area contributed by atoms with Crippen molar-refractivity contribution in [3.63, 3.8) is 0 Å². The van der Waals surface area contributed by atoms with E-state index in [-0.39, 0.29) is 11.6 Å². The molecule has 0 bridgehead atoms. The molecule has 0 unspecified atom stereocenters. The molecule has 1 N–H and O–H groups in total. The molecule has 1 atom stereocenters. The molecular weight excluding hydrogens is 380 g/mol.